The van der Waals surface area contributed by atoms with Crippen molar-refractivity contribution in [3.8, 4) is 0 Å². The number of rotatable bonds is 0. The van der Waals surface area contributed by atoms with E-state index in [0.29, 0.717) is 12.0 Å². The topological polar surface area (TPSA) is 41.6 Å². The van der Waals surface area contributed by atoms with Gasteiger partial charge in [0.25, 0.3) is 0 Å². The number of hydrogen-bond donors (Lipinski definition) is 1. The zero-order valence-corrected chi connectivity index (χ0v) is 11.0. The molecule has 0 radical (unpaired) electrons. The van der Waals surface area contributed by atoms with Crippen LogP contribution in [0.15, 0.2) is 0 Å². The molecule has 0 aromatic heterocycles. The second-order valence-electron chi connectivity index (χ2n) is 5.49. The van der Waals surface area contributed by atoms with E-state index in [2.05, 4.69) is 5.32 Å². The minimum Gasteiger partial charge on any atom is -0.444 e. The number of piperidine rings is 1. The van der Waals surface area contributed by atoms with Gasteiger partial charge >= 0.3 is 6.09 Å². The fourth-order valence-corrected chi connectivity index (χ4v) is 2.14. The summed E-state index contributed by atoms with van der Waals surface area (Å²) in [4.78, 5) is 13.6. The lowest BCUT2D eigenvalue weighted by molar-refractivity contribution is 0.00492. The molecule has 4 nitrogen and oxygen atoms in total. The fourth-order valence-electron chi connectivity index (χ4n) is 2.14. The smallest absolute Gasteiger partial charge is 0.410 e. The van der Waals surface area contributed by atoms with Gasteiger partial charge in [0.1, 0.15) is 5.60 Å². The van der Waals surface area contributed by atoms with Gasteiger partial charge in [-0.15, -0.1) is 12.4 Å². The van der Waals surface area contributed by atoms with Crippen LogP contribution in [0.2, 0.25) is 0 Å². The van der Waals surface area contributed by atoms with Gasteiger partial charge in [-0.2, -0.15) is 0 Å². The molecule has 2 aliphatic rings. The Kier molecular flexibility index (Phi) is 4.07. The van der Waals surface area contributed by atoms with Gasteiger partial charge in [-0.05, 0) is 27.2 Å². The molecule has 0 aromatic carbocycles. The van der Waals surface area contributed by atoms with Gasteiger partial charge in [0.15, 0.2) is 0 Å². The summed E-state index contributed by atoms with van der Waals surface area (Å²) >= 11 is 0. The molecule has 0 saturated carbocycles. The quantitative estimate of drug-likeness (QED) is 0.709. The molecule has 0 aromatic rings. The summed E-state index contributed by atoms with van der Waals surface area (Å²) < 4.78 is 5.35. The van der Waals surface area contributed by atoms with Gasteiger partial charge in [-0.1, -0.05) is 0 Å². The zero-order chi connectivity index (χ0) is 11.1. The fraction of sp³-hybridized carbons (Fsp3) is 0.909. The van der Waals surface area contributed by atoms with E-state index in [0.717, 1.165) is 26.1 Å². The van der Waals surface area contributed by atoms with Crippen LogP contribution >= 0.6 is 12.4 Å². The molecule has 94 valence electrons. The summed E-state index contributed by atoms with van der Waals surface area (Å²) in [6.45, 7) is 8.44. The normalized spacial score (nSPS) is 28.6. The highest BCUT2D eigenvalue weighted by atomic mass is 35.5. The van der Waals surface area contributed by atoms with Gasteiger partial charge in [-0.25, -0.2) is 4.79 Å². The largest absolute Gasteiger partial charge is 0.444 e. The number of hydrogen-bond acceptors (Lipinski definition) is 3. The summed E-state index contributed by atoms with van der Waals surface area (Å²) in [6, 6.07) is 0.642. The number of carbonyl (C=O) groups is 1. The molecule has 2 atom stereocenters. The van der Waals surface area contributed by atoms with Crippen molar-refractivity contribution in [2.24, 2.45) is 5.92 Å². The van der Waals surface area contributed by atoms with Crippen LogP contribution in [0.3, 0.4) is 0 Å². The lowest BCUT2D eigenvalue weighted by atomic mass is 9.85. The lowest BCUT2D eigenvalue weighted by Gasteiger charge is -2.46. The first-order valence-corrected chi connectivity index (χ1v) is 5.67. The molecule has 2 fully saturated rings. The SMILES string of the molecule is CC(C)(C)OC(=O)N1CCC2NCC2C1.Cl. The van der Waals surface area contributed by atoms with Crippen molar-refractivity contribution >= 4 is 18.5 Å². The Morgan fingerprint density at radius 2 is 2.12 bits per heavy atom. The van der Waals surface area contributed by atoms with Crippen molar-refractivity contribution in [1.29, 1.82) is 0 Å². The number of nitrogens with zero attached hydrogens (tertiary/aromatic N) is 1. The van der Waals surface area contributed by atoms with E-state index < -0.39 is 0 Å². The van der Waals surface area contributed by atoms with Crippen LogP contribution in [0.1, 0.15) is 27.2 Å². The molecule has 0 aliphatic carbocycles. The van der Waals surface area contributed by atoms with Crippen LogP contribution in [0.4, 0.5) is 4.79 Å². The Morgan fingerprint density at radius 1 is 1.44 bits per heavy atom. The van der Waals surface area contributed by atoms with Crippen LogP contribution in [0.25, 0.3) is 0 Å². The average Bonchev–Trinajstić information content (AvgIpc) is 2.04. The number of nitrogens with one attached hydrogen (secondary N) is 1. The monoisotopic (exact) mass is 248 g/mol. The van der Waals surface area contributed by atoms with Crippen LogP contribution in [0.5, 0.6) is 0 Å². The number of amides is 1. The predicted octanol–water partition coefficient (Wildman–Crippen LogP) is 1.64. The molecule has 16 heavy (non-hydrogen) atoms. The van der Waals surface area contributed by atoms with E-state index >= 15 is 0 Å². The second kappa shape index (κ2) is 4.80. The number of carbonyl (C=O) groups excluding carboxylic acids is 1. The minimum absolute atomic E-state index is 0. The van der Waals surface area contributed by atoms with Crippen LogP contribution in [-0.2, 0) is 4.74 Å². The summed E-state index contributed by atoms with van der Waals surface area (Å²) in [5.41, 5.74) is -0.383. The molecule has 0 spiro atoms. The van der Waals surface area contributed by atoms with E-state index in [9.17, 15) is 4.79 Å². The zero-order valence-electron chi connectivity index (χ0n) is 10.2. The first-order chi connectivity index (χ1) is 6.96. The van der Waals surface area contributed by atoms with Crippen molar-refractivity contribution < 1.29 is 9.53 Å². The van der Waals surface area contributed by atoms with E-state index in [1.165, 1.54) is 0 Å². The molecular weight excluding hydrogens is 228 g/mol. The van der Waals surface area contributed by atoms with Crippen LogP contribution in [-0.4, -0.2) is 42.3 Å². The summed E-state index contributed by atoms with van der Waals surface area (Å²) in [5, 5.41) is 3.38. The standard InChI is InChI=1S/C11H20N2O2.ClH/c1-11(2,3)15-10(14)13-5-4-9-8(7-13)6-12-9;/h8-9,12H,4-7H2,1-3H3;1H. The molecule has 1 amide bonds. The minimum atomic E-state index is -0.383. The Balaban J connectivity index is 0.00000128. The van der Waals surface area contributed by atoms with E-state index in [1.54, 1.807) is 0 Å². The van der Waals surface area contributed by atoms with Crippen molar-refractivity contribution in [2.75, 3.05) is 19.6 Å². The predicted molar refractivity (Wildman–Crippen MR) is 65.0 cm³/mol. The number of likely N-dealkylation sites (tertiary alicyclic amines) is 1. The van der Waals surface area contributed by atoms with Gasteiger partial charge < -0.3 is 15.0 Å². The summed E-state index contributed by atoms with van der Waals surface area (Å²) in [6.07, 6.45) is 0.900. The first-order valence-electron chi connectivity index (χ1n) is 5.67. The van der Waals surface area contributed by atoms with E-state index in [-0.39, 0.29) is 24.1 Å². The molecule has 0 bridgehead atoms. The summed E-state index contributed by atoms with van der Waals surface area (Å²) in [7, 11) is 0. The van der Waals surface area contributed by atoms with Gasteiger partial charge in [0.2, 0.25) is 0 Å². The van der Waals surface area contributed by atoms with E-state index in [4.69, 9.17) is 4.74 Å². The van der Waals surface area contributed by atoms with E-state index in [1.807, 2.05) is 25.7 Å². The molecule has 2 aliphatic heterocycles. The molecule has 2 unspecified atom stereocenters. The Labute approximate surface area is 103 Å². The maximum Gasteiger partial charge on any atom is 0.410 e. The summed E-state index contributed by atoms with van der Waals surface area (Å²) in [5.74, 6) is 0.645. The number of halogens is 1. The third kappa shape index (κ3) is 3.01. The van der Waals surface area contributed by atoms with Crippen molar-refractivity contribution in [2.45, 2.75) is 38.8 Å². The molecular formula is C11H21ClN2O2. The van der Waals surface area contributed by atoms with Crippen LogP contribution in [0, 0.1) is 5.92 Å². The number of fused-ring (bicyclic) bond motifs is 1. The highest BCUT2D eigenvalue weighted by Crippen LogP contribution is 2.24. The number of ether oxygens (including phenoxy) is 1. The maximum absolute atomic E-state index is 11.8. The third-order valence-electron chi connectivity index (χ3n) is 3.03. The van der Waals surface area contributed by atoms with Gasteiger partial charge in [0, 0.05) is 31.6 Å². The molecule has 2 saturated heterocycles. The highest BCUT2D eigenvalue weighted by molar-refractivity contribution is 5.85. The Hall–Kier alpha value is -0.480. The highest BCUT2D eigenvalue weighted by Gasteiger charge is 2.38. The first kappa shape index (κ1) is 13.6. The molecule has 5 heteroatoms. The molecule has 2 rings (SSSR count). The Bertz CT molecular complexity index is 265. The lowest BCUT2D eigenvalue weighted by Crippen LogP contribution is -2.62. The van der Waals surface area contributed by atoms with Crippen LogP contribution < -0.4 is 5.32 Å². The second-order valence-corrected chi connectivity index (χ2v) is 5.49. The van der Waals surface area contributed by atoms with Gasteiger partial charge in [0.05, 0.1) is 0 Å². The van der Waals surface area contributed by atoms with Crippen molar-refractivity contribution in [1.82, 2.24) is 10.2 Å². The van der Waals surface area contributed by atoms with Crippen molar-refractivity contribution in [3.05, 3.63) is 0 Å². The molecule has 1 N–H and O–H groups in total. The molecule has 2 heterocycles. The third-order valence-corrected chi connectivity index (χ3v) is 3.03. The average molecular weight is 249 g/mol. The van der Waals surface area contributed by atoms with Crippen molar-refractivity contribution in [3.63, 3.8) is 0 Å². The maximum atomic E-state index is 11.8. The van der Waals surface area contributed by atoms with Gasteiger partial charge in [-0.3, -0.25) is 0 Å². The Morgan fingerprint density at radius 3 is 2.56 bits per heavy atom.